The molecule has 109 heavy (non-hydrogen) atoms. The van der Waals surface area contributed by atoms with Crippen molar-refractivity contribution in [3.05, 3.63) is 35.4 Å². The number of hydrogen-bond acceptors (Lipinski definition) is 19. The number of carbonyl (C=O) groups is 14. The first-order valence-corrected chi connectivity index (χ1v) is 40.8. The summed E-state index contributed by atoms with van der Waals surface area (Å²) in [5.41, 5.74) is 5.70. The van der Waals surface area contributed by atoms with Crippen molar-refractivity contribution < 1.29 is 77.3 Å². The second-order valence-electron chi connectivity index (χ2n) is 31.1. The van der Waals surface area contributed by atoms with E-state index in [-0.39, 0.29) is 89.3 Å². The molecular weight excluding hydrogens is 1450 g/mol. The third-order valence-electron chi connectivity index (χ3n) is 21.0. The van der Waals surface area contributed by atoms with Crippen molar-refractivity contribution in [2.24, 2.45) is 28.9 Å². The molecule has 15 atom stereocenters. The number of fused-ring (bicyclic) bond motifs is 20. The van der Waals surface area contributed by atoms with E-state index in [4.69, 9.17) is 11.1 Å². The van der Waals surface area contributed by atoms with Crippen molar-refractivity contribution in [1.82, 2.24) is 78.5 Å². The van der Waals surface area contributed by atoms with Gasteiger partial charge in [-0.15, -0.1) is 0 Å². The molecule has 1 aromatic rings. The van der Waals surface area contributed by atoms with Crippen LogP contribution < -0.4 is 69.5 Å². The first-order chi connectivity index (χ1) is 51.6. The third-order valence-corrected chi connectivity index (χ3v) is 24.3. The number of aliphatic hydroxyl groups excluding tert-OH is 2. The molecule has 0 unspecified atom stereocenters. The van der Waals surface area contributed by atoms with Gasteiger partial charge in [0.25, 0.3) is 5.91 Å². The number of nitrogens with two attached hydrogens (primary N) is 1. The van der Waals surface area contributed by atoms with Crippen LogP contribution in [0.15, 0.2) is 24.3 Å². The normalized spacial score (nSPS) is 28.4. The molecule has 6 aliphatic rings. The minimum atomic E-state index is -1.89. The van der Waals surface area contributed by atoms with Crippen LogP contribution in [0.4, 0.5) is 0 Å². The van der Waals surface area contributed by atoms with Gasteiger partial charge in [-0.3, -0.25) is 72.5 Å². The second-order valence-corrected chi connectivity index (χ2v) is 34.1. The molecular formula is C74H119N17O16S2. The standard InChI is InChI=1S/C74H119N17O16S2/c1-12-41(4)55-66(102)84-50-40-108-109-74(10,11)58(68(104)87-57(43(6)14-3)71(107)90-34-19-23-51(90)64(100)77-31-17-15-16-26-54(94)79-37-44-27-29-45(30-28-44)59(95)85-55)88-67(103)56(42(5)13-2)86-65(101)52-24-20-33-89(52)70(106)53-25-21-35-91(53)69(105)47(36-73(7,8)9)81-62(98)49(39-93)82-60(96)46(22-18-32-78-72(75)76)80-61(97)48(38-92)83-63(50)99/h27-30,41-43,46-53,55-58,92-93H,12-26,31-40H2,1-11H3,(H,77,100)(H,79,94)(H,80,97)(H,81,98)(H,82,96)(H,83,99)(H,84,102)(H,85,95)(H,86,101)(H,87,104)(H,88,103)(H4,75,76,78)/t41-,42-,43-,46-,47-,48-,49-,50-,51-,52-,53-,55-,56-,57-,58+/m0/s1. The molecule has 0 aliphatic carbocycles. The van der Waals surface area contributed by atoms with Crippen molar-refractivity contribution in [3.8, 4) is 0 Å². The number of hydrogen-bond donors (Lipinski definition) is 16. The summed E-state index contributed by atoms with van der Waals surface area (Å²) in [5, 5.41) is 62.3. The van der Waals surface area contributed by atoms with E-state index in [1.165, 1.54) is 26.8 Å². The predicted molar refractivity (Wildman–Crippen MR) is 411 cm³/mol. The van der Waals surface area contributed by atoms with Crippen LogP contribution in [0.25, 0.3) is 0 Å². The smallest absolute Gasteiger partial charge is 0.251 e. The molecule has 608 valence electrons. The fraction of sp³-hybridized carbons (Fsp3) is 0.716. The number of rotatable bonds is 13. The molecule has 6 heterocycles. The van der Waals surface area contributed by atoms with E-state index < -0.39 is 202 Å². The Hall–Kier alpha value is -8.31. The highest BCUT2D eigenvalue weighted by Gasteiger charge is 2.48. The lowest BCUT2D eigenvalue weighted by molar-refractivity contribution is -0.148. The van der Waals surface area contributed by atoms with Gasteiger partial charge in [-0.05, 0) is 125 Å². The van der Waals surface area contributed by atoms with Crippen LogP contribution in [0.1, 0.15) is 195 Å². The van der Waals surface area contributed by atoms with Gasteiger partial charge in [0.05, 0.1) is 13.2 Å². The number of carbonyl (C=O) groups excluding carboxylic acids is 14. The molecule has 14 amide bonds. The van der Waals surface area contributed by atoms with Crippen molar-refractivity contribution >= 4 is 110 Å². The van der Waals surface area contributed by atoms with E-state index in [1.807, 2.05) is 27.7 Å². The fourth-order valence-corrected chi connectivity index (χ4v) is 16.7. The summed E-state index contributed by atoms with van der Waals surface area (Å²) in [6.07, 6.45) is 4.54. The third kappa shape index (κ3) is 25.6. The van der Waals surface area contributed by atoms with Gasteiger partial charge in [0.2, 0.25) is 76.8 Å². The first-order valence-electron chi connectivity index (χ1n) is 38.5. The minimum absolute atomic E-state index is 0.00326. The van der Waals surface area contributed by atoms with Gasteiger partial charge in [0, 0.05) is 61.8 Å². The Bertz CT molecular complexity index is 3400. The molecule has 4 saturated heterocycles. The van der Waals surface area contributed by atoms with E-state index in [9.17, 15) is 53.4 Å². The molecule has 1 aromatic carbocycles. The lowest BCUT2D eigenvalue weighted by atomic mass is 9.87. The second kappa shape index (κ2) is 42.2. The molecule has 0 radical (unpaired) electrons. The maximum atomic E-state index is 15.7. The number of nitrogens with one attached hydrogen (secondary N) is 13. The lowest BCUT2D eigenvalue weighted by Crippen LogP contribution is -2.64. The van der Waals surface area contributed by atoms with E-state index in [0.717, 1.165) is 21.6 Å². The quantitative estimate of drug-likeness (QED) is 0.0532. The maximum Gasteiger partial charge on any atom is 0.251 e. The van der Waals surface area contributed by atoms with Crippen molar-refractivity contribution in [2.75, 3.05) is 51.7 Å². The number of aliphatic hydroxyl groups is 2. The van der Waals surface area contributed by atoms with Gasteiger partial charge < -0.3 is 94.4 Å². The molecule has 4 fully saturated rings. The SMILES string of the molecule is CC[C@H](C)[C@@H]1NC(=O)c2ccc(cc2)CNC(=O)CCCCCNC(=O)[C@@H]2CCCN2C(=O)[C@H]([C@@H](C)CC)NC(=O)[C@H]2NC(=O)[C@H]([C@@H](C)CC)NC(=O)[C@@H]3CCCN3C(=O)[C@@H]3CCCN3C(=O)[C@H](CC(C)(C)C)NC(=O)[C@H](CO)NC(=O)[C@H](CCCNC(=N)N)NC(=O)[C@H](CO)NC(=O)[C@H](CSSC2(C)C)NC1=O. The summed E-state index contributed by atoms with van der Waals surface area (Å²) in [4.78, 5) is 210. The Labute approximate surface area is 647 Å². The van der Waals surface area contributed by atoms with Crippen LogP contribution >= 0.6 is 21.6 Å². The zero-order chi connectivity index (χ0) is 80.6. The zero-order valence-electron chi connectivity index (χ0n) is 65.0. The van der Waals surface area contributed by atoms with Crippen LogP contribution in [0, 0.1) is 28.6 Å². The largest absolute Gasteiger partial charge is 0.394 e. The van der Waals surface area contributed by atoms with Crippen molar-refractivity contribution in [2.45, 2.75) is 263 Å². The van der Waals surface area contributed by atoms with Crippen LogP contribution in [0.3, 0.4) is 0 Å². The zero-order valence-corrected chi connectivity index (χ0v) is 66.6. The molecule has 33 nitrogen and oxygen atoms in total. The average Bonchev–Trinajstić information content (AvgIpc) is 1.71. The Morgan fingerprint density at radius 2 is 1.06 bits per heavy atom. The monoisotopic (exact) mass is 1570 g/mol. The van der Waals surface area contributed by atoms with E-state index in [1.54, 1.807) is 60.6 Å². The van der Waals surface area contributed by atoms with Crippen LogP contribution in [0.2, 0.25) is 0 Å². The summed E-state index contributed by atoms with van der Waals surface area (Å²) in [5.74, 6) is -13.2. The summed E-state index contributed by atoms with van der Waals surface area (Å²) in [7, 11) is 1.89. The highest BCUT2D eigenvalue weighted by atomic mass is 33.1. The Kier molecular flexibility index (Phi) is 34.7. The molecule has 4 bridgehead atoms. The average molecular weight is 1570 g/mol. The highest BCUT2D eigenvalue weighted by Crippen LogP contribution is 2.40. The van der Waals surface area contributed by atoms with Crippen molar-refractivity contribution in [1.29, 1.82) is 5.41 Å². The summed E-state index contributed by atoms with van der Waals surface area (Å²) in [6.45, 7) is 17.9. The first kappa shape index (κ1) is 89.6. The molecule has 35 heteroatoms. The van der Waals surface area contributed by atoms with Gasteiger partial charge in [-0.25, -0.2) is 0 Å². The summed E-state index contributed by atoms with van der Waals surface area (Å²) >= 11 is 0. The van der Waals surface area contributed by atoms with E-state index in [0.29, 0.717) is 69.8 Å². The van der Waals surface area contributed by atoms with E-state index >= 15 is 24.0 Å². The summed E-state index contributed by atoms with van der Waals surface area (Å²) < 4.78 is -1.50. The fourth-order valence-electron chi connectivity index (χ4n) is 13.9. The number of benzene rings is 1. The minimum Gasteiger partial charge on any atom is -0.394 e. The van der Waals surface area contributed by atoms with Gasteiger partial charge in [0.1, 0.15) is 72.5 Å². The predicted octanol–water partition coefficient (Wildman–Crippen LogP) is -0.0612. The Balaban J connectivity index is 1.50. The molecule has 17 N–H and O–H groups in total. The van der Waals surface area contributed by atoms with Gasteiger partial charge in [-0.2, -0.15) is 0 Å². The molecule has 0 spiro atoms. The van der Waals surface area contributed by atoms with E-state index in [2.05, 4.69) is 63.8 Å². The van der Waals surface area contributed by atoms with Crippen LogP contribution in [0.5, 0.6) is 0 Å². The number of amides is 14. The van der Waals surface area contributed by atoms with Crippen LogP contribution in [-0.4, -0.2) is 243 Å². The van der Waals surface area contributed by atoms with Crippen LogP contribution in [-0.2, 0) is 68.9 Å². The highest BCUT2D eigenvalue weighted by molar-refractivity contribution is 8.77. The number of nitrogens with zero attached hydrogens (tertiary/aromatic N) is 3. The molecule has 6 aliphatic heterocycles. The number of guanidine groups is 1. The van der Waals surface area contributed by atoms with Crippen molar-refractivity contribution in [3.63, 3.8) is 0 Å². The maximum absolute atomic E-state index is 15.7. The molecule has 0 aromatic heterocycles. The Morgan fingerprint density at radius 1 is 0.560 bits per heavy atom. The topological polar surface area (TPSA) is 483 Å². The Morgan fingerprint density at radius 3 is 1.64 bits per heavy atom. The lowest BCUT2D eigenvalue weighted by Gasteiger charge is -2.37. The molecule has 0 saturated carbocycles. The summed E-state index contributed by atoms with van der Waals surface area (Å²) in [6, 6.07) is -10.7. The van der Waals surface area contributed by atoms with Gasteiger partial charge >= 0.3 is 0 Å². The van der Waals surface area contributed by atoms with Gasteiger partial charge in [-0.1, -0.05) is 122 Å². The van der Waals surface area contributed by atoms with Gasteiger partial charge in [0.15, 0.2) is 5.96 Å². The molecule has 7 rings (SSSR count).